The lowest BCUT2D eigenvalue weighted by Crippen LogP contribution is -2.44. The lowest BCUT2D eigenvalue weighted by Gasteiger charge is -2.10. The van der Waals surface area contributed by atoms with Crippen LogP contribution in [0.15, 0.2) is 24.3 Å². The Labute approximate surface area is 149 Å². The normalized spacial score (nSPS) is 14.5. The van der Waals surface area contributed by atoms with Gasteiger partial charge >= 0.3 is 12.0 Å². The van der Waals surface area contributed by atoms with Crippen LogP contribution < -0.4 is 10.6 Å². The van der Waals surface area contributed by atoms with E-state index in [9.17, 15) is 14.4 Å². The number of ether oxygens (including phenoxy) is 1. The van der Waals surface area contributed by atoms with Crippen LogP contribution in [-0.2, 0) is 9.53 Å². The molecule has 0 aliphatic carbocycles. The SMILES string of the molecule is CC(C)NC(=O)NC(=O)COC(=O)c1ccc(C2SCCS2)cc1. The number of urea groups is 1. The minimum atomic E-state index is -0.670. The maximum Gasteiger partial charge on any atom is 0.338 e. The topological polar surface area (TPSA) is 84.5 Å². The monoisotopic (exact) mass is 368 g/mol. The Kier molecular flexibility index (Phi) is 6.99. The van der Waals surface area contributed by atoms with Crippen LogP contribution in [0, 0.1) is 0 Å². The Bertz CT molecular complexity index is 599. The first-order chi connectivity index (χ1) is 11.5. The van der Waals surface area contributed by atoms with E-state index < -0.39 is 24.5 Å². The Morgan fingerprint density at radius 3 is 2.38 bits per heavy atom. The largest absolute Gasteiger partial charge is 0.452 e. The molecule has 24 heavy (non-hydrogen) atoms. The molecule has 130 valence electrons. The number of amides is 3. The molecule has 0 unspecified atom stereocenters. The third kappa shape index (κ3) is 5.76. The highest BCUT2D eigenvalue weighted by Crippen LogP contribution is 2.45. The van der Waals surface area contributed by atoms with E-state index >= 15 is 0 Å². The van der Waals surface area contributed by atoms with Gasteiger partial charge in [0.2, 0.25) is 0 Å². The molecule has 1 aromatic carbocycles. The Morgan fingerprint density at radius 1 is 1.17 bits per heavy atom. The van der Waals surface area contributed by atoms with Gasteiger partial charge in [-0.2, -0.15) is 0 Å². The van der Waals surface area contributed by atoms with E-state index in [1.54, 1.807) is 26.0 Å². The predicted molar refractivity (Wildman–Crippen MR) is 96.2 cm³/mol. The van der Waals surface area contributed by atoms with Crippen molar-refractivity contribution in [2.75, 3.05) is 18.1 Å². The lowest BCUT2D eigenvalue weighted by atomic mass is 10.1. The number of rotatable bonds is 5. The van der Waals surface area contributed by atoms with Crippen molar-refractivity contribution in [2.45, 2.75) is 24.5 Å². The molecule has 1 aromatic rings. The van der Waals surface area contributed by atoms with Gasteiger partial charge in [-0.05, 0) is 31.5 Å². The molecule has 2 rings (SSSR count). The average molecular weight is 368 g/mol. The molecule has 0 spiro atoms. The summed E-state index contributed by atoms with van der Waals surface area (Å²) in [6.07, 6.45) is 0. The molecule has 0 radical (unpaired) electrons. The highest BCUT2D eigenvalue weighted by molar-refractivity contribution is 8.19. The summed E-state index contributed by atoms with van der Waals surface area (Å²) in [6, 6.07) is 6.50. The van der Waals surface area contributed by atoms with Crippen LogP contribution in [0.2, 0.25) is 0 Å². The molecule has 0 atom stereocenters. The van der Waals surface area contributed by atoms with E-state index in [1.807, 2.05) is 35.7 Å². The summed E-state index contributed by atoms with van der Waals surface area (Å²) in [5, 5.41) is 4.60. The van der Waals surface area contributed by atoms with Gasteiger partial charge < -0.3 is 10.1 Å². The van der Waals surface area contributed by atoms with E-state index in [0.29, 0.717) is 10.1 Å². The molecular weight excluding hydrogens is 348 g/mol. The minimum absolute atomic E-state index is 0.0879. The highest BCUT2D eigenvalue weighted by Gasteiger charge is 2.19. The van der Waals surface area contributed by atoms with Gasteiger partial charge in [0, 0.05) is 17.5 Å². The van der Waals surface area contributed by atoms with Gasteiger partial charge in [0.25, 0.3) is 5.91 Å². The van der Waals surface area contributed by atoms with Gasteiger partial charge in [-0.3, -0.25) is 10.1 Å². The molecule has 3 amide bonds. The molecule has 0 bridgehead atoms. The number of carbonyl (C=O) groups excluding carboxylic acids is 3. The second kappa shape index (κ2) is 8.98. The first-order valence-electron chi connectivity index (χ1n) is 7.56. The smallest absolute Gasteiger partial charge is 0.338 e. The lowest BCUT2D eigenvalue weighted by molar-refractivity contribution is -0.123. The van der Waals surface area contributed by atoms with Gasteiger partial charge in [0.05, 0.1) is 10.1 Å². The summed E-state index contributed by atoms with van der Waals surface area (Å²) in [7, 11) is 0. The zero-order valence-electron chi connectivity index (χ0n) is 13.5. The number of nitrogens with one attached hydrogen (secondary N) is 2. The van der Waals surface area contributed by atoms with Gasteiger partial charge in [-0.15, -0.1) is 23.5 Å². The van der Waals surface area contributed by atoms with Crippen LogP contribution in [0.5, 0.6) is 0 Å². The predicted octanol–water partition coefficient (Wildman–Crippen LogP) is 2.56. The third-order valence-corrected chi connectivity index (χ3v) is 6.15. The summed E-state index contributed by atoms with van der Waals surface area (Å²) >= 11 is 3.78. The molecule has 1 aliphatic rings. The summed E-state index contributed by atoms with van der Waals surface area (Å²) in [5.74, 6) is 1.02. The second-order valence-corrected chi connectivity index (χ2v) is 8.17. The zero-order valence-corrected chi connectivity index (χ0v) is 15.2. The van der Waals surface area contributed by atoms with E-state index in [2.05, 4.69) is 10.6 Å². The molecular formula is C16H20N2O4S2. The van der Waals surface area contributed by atoms with Gasteiger partial charge in [-0.1, -0.05) is 12.1 Å². The van der Waals surface area contributed by atoms with Gasteiger partial charge in [0.1, 0.15) is 0 Å². The van der Waals surface area contributed by atoms with Crippen molar-refractivity contribution in [3.63, 3.8) is 0 Å². The van der Waals surface area contributed by atoms with Crippen LogP contribution >= 0.6 is 23.5 Å². The number of thioether (sulfide) groups is 2. The quantitative estimate of drug-likeness (QED) is 0.777. The van der Waals surface area contributed by atoms with E-state index in [0.717, 1.165) is 11.5 Å². The summed E-state index contributed by atoms with van der Waals surface area (Å²) in [5.41, 5.74) is 1.55. The molecule has 1 saturated heterocycles. The molecule has 0 aromatic heterocycles. The average Bonchev–Trinajstić information content (AvgIpc) is 3.06. The summed E-state index contributed by atoms with van der Waals surface area (Å²) in [4.78, 5) is 34.8. The second-order valence-electron chi connectivity index (χ2n) is 5.45. The molecule has 0 saturated carbocycles. The fourth-order valence-corrected chi connectivity index (χ4v) is 4.86. The number of carbonyl (C=O) groups is 3. The number of imide groups is 1. The number of hydrogen-bond acceptors (Lipinski definition) is 6. The van der Waals surface area contributed by atoms with Crippen LogP contribution in [0.3, 0.4) is 0 Å². The Hall–Kier alpha value is -1.67. The molecule has 8 heteroatoms. The van der Waals surface area contributed by atoms with Crippen LogP contribution in [0.25, 0.3) is 0 Å². The van der Waals surface area contributed by atoms with Crippen molar-refractivity contribution >= 4 is 41.4 Å². The fourth-order valence-electron chi connectivity index (χ4n) is 2.00. The van der Waals surface area contributed by atoms with E-state index in [4.69, 9.17) is 4.74 Å². The number of esters is 1. The molecule has 2 N–H and O–H groups in total. The van der Waals surface area contributed by atoms with E-state index in [1.165, 1.54) is 5.56 Å². The molecule has 1 fully saturated rings. The number of hydrogen-bond donors (Lipinski definition) is 2. The van der Waals surface area contributed by atoms with Crippen molar-refractivity contribution in [3.8, 4) is 0 Å². The first-order valence-corrected chi connectivity index (χ1v) is 9.66. The fraction of sp³-hybridized carbons (Fsp3) is 0.438. The minimum Gasteiger partial charge on any atom is -0.452 e. The summed E-state index contributed by atoms with van der Waals surface area (Å²) in [6.45, 7) is 3.05. The Morgan fingerprint density at radius 2 is 1.79 bits per heavy atom. The molecule has 1 aliphatic heterocycles. The number of benzene rings is 1. The van der Waals surface area contributed by atoms with Crippen molar-refractivity contribution in [1.29, 1.82) is 0 Å². The standard InChI is InChI=1S/C16H20N2O4S2/c1-10(2)17-16(21)18-13(19)9-22-14(20)11-3-5-12(6-4-11)15-23-7-8-24-15/h3-6,10,15H,7-9H2,1-2H3,(H2,17,18,19,21). The third-order valence-electron chi connectivity index (χ3n) is 3.05. The molecule has 6 nitrogen and oxygen atoms in total. The van der Waals surface area contributed by atoms with Crippen molar-refractivity contribution in [2.24, 2.45) is 0 Å². The first kappa shape index (κ1) is 18.7. The van der Waals surface area contributed by atoms with Gasteiger partial charge in [0.15, 0.2) is 6.61 Å². The highest BCUT2D eigenvalue weighted by atomic mass is 32.2. The van der Waals surface area contributed by atoms with Crippen LogP contribution in [0.4, 0.5) is 4.79 Å². The van der Waals surface area contributed by atoms with Crippen molar-refractivity contribution in [3.05, 3.63) is 35.4 Å². The van der Waals surface area contributed by atoms with Crippen LogP contribution in [0.1, 0.15) is 34.4 Å². The maximum atomic E-state index is 11.9. The molecule has 1 heterocycles. The zero-order chi connectivity index (χ0) is 17.5. The Balaban J connectivity index is 1.79. The van der Waals surface area contributed by atoms with Crippen molar-refractivity contribution in [1.82, 2.24) is 10.6 Å². The van der Waals surface area contributed by atoms with E-state index in [-0.39, 0.29) is 6.04 Å². The van der Waals surface area contributed by atoms with Gasteiger partial charge in [-0.25, -0.2) is 9.59 Å². The summed E-state index contributed by atoms with van der Waals surface area (Å²) < 4.78 is 5.34. The maximum absolute atomic E-state index is 11.9. The van der Waals surface area contributed by atoms with Crippen molar-refractivity contribution < 1.29 is 19.1 Å². The van der Waals surface area contributed by atoms with Crippen LogP contribution in [-0.4, -0.2) is 42.1 Å².